The highest BCUT2D eigenvalue weighted by Crippen LogP contribution is 2.46. The van der Waals surface area contributed by atoms with Crippen LogP contribution in [0.3, 0.4) is 0 Å². The lowest BCUT2D eigenvalue weighted by Gasteiger charge is -2.28. The van der Waals surface area contributed by atoms with E-state index in [2.05, 4.69) is 14.1 Å². The van der Waals surface area contributed by atoms with Crippen molar-refractivity contribution in [2.45, 2.75) is 75.1 Å². The molecule has 0 aromatic heterocycles. The van der Waals surface area contributed by atoms with E-state index in [1.165, 1.54) is 0 Å². The molecule has 0 spiro atoms. The van der Waals surface area contributed by atoms with Crippen molar-refractivity contribution in [1.82, 2.24) is 0 Å². The summed E-state index contributed by atoms with van der Waals surface area (Å²) in [7, 11) is 0. The Morgan fingerprint density at radius 1 is 0.935 bits per heavy atom. The van der Waals surface area contributed by atoms with Gasteiger partial charge in [0, 0.05) is 0 Å². The SMILES string of the molecule is CCCCCCCCOC(=O)CC(SOOO)C(=O)OCC(F)(F)C(F)(F)C(F)(F)F. The first-order valence-electron chi connectivity index (χ1n) is 9.08. The zero-order valence-corrected chi connectivity index (χ0v) is 17.2. The number of hydrogen-bond acceptors (Lipinski definition) is 8. The minimum Gasteiger partial charge on any atom is -0.466 e. The number of alkyl halides is 7. The van der Waals surface area contributed by atoms with E-state index in [4.69, 9.17) is 9.99 Å². The van der Waals surface area contributed by atoms with Crippen LogP contribution in [0, 0.1) is 0 Å². The van der Waals surface area contributed by atoms with Crippen LogP contribution in [0.4, 0.5) is 30.7 Å². The van der Waals surface area contributed by atoms with Crippen molar-refractivity contribution in [3.05, 3.63) is 0 Å². The van der Waals surface area contributed by atoms with Crippen molar-refractivity contribution in [3.8, 4) is 0 Å². The molecule has 0 aromatic rings. The zero-order valence-electron chi connectivity index (χ0n) is 16.4. The van der Waals surface area contributed by atoms with Crippen LogP contribution in [0.15, 0.2) is 0 Å². The lowest BCUT2D eigenvalue weighted by atomic mass is 10.1. The van der Waals surface area contributed by atoms with Gasteiger partial charge in [0.05, 0.1) is 25.1 Å². The average Bonchev–Trinajstić information content (AvgIpc) is 2.67. The summed E-state index contributed by atoms with van der Waals surface area (Å²) in [6, 6.07) is 0. The summed E-state index contributed by atoms with van der Waals surface area (Å²) in [4.78, 5) is 23.5. The minimum atomic E-state index is -6.59. The van der Waals surface area contributed by atoms with Crippen molar-refractivity contribution < 1.29 is 64.4 Å². The van der Waals surface area contributed by atoms with Gasteiger partial charge in [0.15, 0.2) is 6.61 Å². The van der Waals surface area contributed by atoms with E-state index >= 15 is 0 Å². The molecule has 31 heavy (non-hydrogen) atoms. The van der Waals surface area contributed by atoms with Crippen molar-refractivity contribution >= 4 is 24.0 Å². The smallest absolute Gasteiger partial charge is 0.460 e. The lowest BCUT2D eigenvalue weighted by Crippen LogP contribution is -2.54. The molecule has 1 atom stereocenters. The summed E-state index contributed by atoms with van der Waals surface area (Å²) in [6.45, 7) is -0.609. The van der Waals surface area contributed by atoms with Gasteiger partial charge < -0.3 is 9.47 Å². The van der Waals surface area contributed by atoms with E-state index < -0.39 is 48.2 Å². The largest absolute Gasteiger partial charge is 0.466 e. The highest BCUT2D eigenvalue weighted by atomic mass is 32.2. The summed E-state index contributed by atoms with van der Waals surface area (Å²) in [6.07, 6.45) is -2.19. The third-order valence-electron chi connectivity index (χ3n) is 3.77. The molecule has 0 heterocycles. The Morgan fingerprint density at radius 3 is 2.06 bits per heavy atom. The van der Waals surface area contributed by atoms with Gasteiger partial charge in [-0.1, -0.05) is 44.1 Å². The van der Waals surface area contributed by atoms with Crippen molar-refractivity contribution in [2.24, 2.45) is 0 Å². The molecule has 1 N–H and O–H groups in total. The van der Waals surface area contributed by atoms with Gasteiger partial charge in [-0.15, -0.1) is 4.33 Å². The fourth-order valence-corrected chi connectivity index (χ4v) is 2.53. The van der Waals surface area contributed by atoms with Crippen LogP contribution < -0.4 is 0 Å². The minimum absolute atomic E-state index is 0.0232. The van der Waals surface area contributed by atoms with Gasteiger partial charge in [-0.25, -0.2) is 5.26 Å². The topological polar surface area (TPSA) is 91.3 Å². The Kier molecular flexibility index (Phi) is 13.4. The number of carbonyl (C=O) groups is 2. The van der Waals surface area contributed by atoms with E-state index in [1.54, 1.807) is 0 Å². The Hall–Kier alpha value is -1.32. The molecule has 0 saturated carbocycles. The molecule has 0 aliphatic rings. The Balaban J connectivity index is 4.68. The maximum absolute atomic E-state index is 13.2. The molecular formula is C16H23F7O7S. The second-order valence-corrected chi connectivity index (χ2v) is 7.20. The van der Waals surface area contributed by atoms with Gasteiger partial charge in [0.2, 0.25) is 0 Å². The highest BCUT2D eigenvalue weighted by molar-refractivity contribution is 7.95. The second kappa shape index (κ2) is 14.0. The highest BCUT2D eigenvalue weighted by Gasteiger charge is 2.73. The normalized spacial score (nSPS) is 13.7. The molecule has 0 aromatic carbocycles. The standard InChI is InChI=1S/C16H23F7O7S/c1-2-3-4-5-6-7-8-27-12(24)9-11(31-30-29-26)13(25)28-10-14(17,18)15(19,20)16(21,22)23/h11,26H,2-10H2,1H3. The van der Waals surface area contributed by atoms with Crippen LogP contribution in [0.25, 0.3) is 0 Å². The van der Waals surface area contributed by atoms with E-state index in [9.17, 15) is 40.3 Å². The van der Waals surface area contributed by atoms with Gasteiger partial charge in [0.1, 0.15) is 5.25 Å². The summed E-state index contributed by atoms with van der Waals surface area (Å²) < 4.78 is 101. The van der Waals surface area contributed by atoms with Crippen LogP contribution in [-0.2, 0) is 28.4 Å². The maximum atomic E-state index is 13.2. The fraction of sp³-hybridized carbons (Fsp3) is 0.875. The van der Waals surface area contributed by atoms with Crippen LogP contribution in [0.5, 0.6) is 0 Å². The van der Waals surface area contributed by atoms with Gasteiger partial charge in [0.25, 0.3) is 0 Å². The Morgan fingerprint density at radius 2 is 1.52 bits per heavy atom. The van der Waals surface area contributed by atoms with Crippen LogP contribution >= 0.6 is 12.0 Å². The number of esters is 2. The van der Waals surface area contributed by atoms with Crippen molar-refractivity contribution in [3.63, 3.8) is 0 Å². The maximum Gasteiger partial charge on any atom is 0.460 e. The molecule has 7 nitrogen and oxygen atoms in total. The van der Waals surface area contributed by atoms with E-state index in [0.717, 1.165) is 32.1 Å². The number of carbonyl (C=O) groups excluding carboxylic acids is 2. The van der Waals surface area contributed by atoms with Crippen LogP contribution in [0.1, 0.15) is 51.9 Å². The molecule has 184 valence electrons. The molecule has 0 aliphatic carbocycles. The van der Waals surface area contributed by atoms with E-state index in [1.807, 2.05) is 6.92 Å². The third-order valence-corrected chi connectivity index (χ3v) is 4.50. The molecule has 0 radical (unpaired) electrons. The van der Waals surface area contributed by atoms with Crippen LogP contribution in [0.2, 0.25) is 0 Å². The number of rotatable bonds is 16. The fourth-order valence-electron chi connectivity index (χ4n) is 2.05. The average molecular weight is 492 g/mol. The number of ether oxygens (including phenoxy) is 2. The van der Waals surface area contributed by atoms with Crippen LogP contribution in [-0.4, -0.2) is 53.7 Å². The van der Waals surface area contributed by atoms with Gasteiger partial charge in [-0.2, -0.15) is 30.7 Å². The molecule has 1 unspecified atom stereocenters. The molecule has 0 amide bonds. The zero-order chi connectivity index (χ0) is 24.1. The molecule has 0 aliphatic heterocycles. The molecule has 0 fully saturated rings. The summed E-state index contributed by atoms with van der Waals surface area (Å²) >= 11 is -0.128. The Labute approximate surface area is 177 Å². The molecule has 0 saturated heterocycles. The number of hydrogen-bond donors (Lipinski definition) is 1. The predicted octanol–water partition coefficient (Wildman–Crippen LogP) is 5.09. The first kappa shape index (κ1) is 29.7. The number of unbranched alkanes of at least 4 members (excludes halogenated alkanes) is 5. The predicted molar refractivity (Wildman–Crippen MR) is 92.0 cm³/mol. The molecule has 0 rings (SSSR count). The van der Waals surface area contributed by atoms with Gasteiger partial charge in [-0.3, -0.25) is 9.59 Å². The van der Waals surface area contributed by atoms with E-state index in [0.29, 0.717) is 6.42 Å². The molecular weight excluding hydrogens is 469 g/mol. The van der Waals surface area contributed by atoms with Gasteiger partial charge >= 0.3 is 30.0 Å². The first-order chi connectivity index (χ1) is 14.3. The lowest BCUT2D eigenvalue weighted by molar-refractivity contribution is -0.432. The number of halogens is 7. The first-order valence-corrected chi connectivity index (χ1v) is 9.88. The monoisotopic (exact) mass is 492 g/mol. The molecule has 15 heteroatoms. The van der Waals surface area contributed by atoms with Crippen molar-refractivity contribution in [1.29, 1.82) is 0 Å². The van der Waals surface area contributed by atoms with E-state index in [-0.39, 0.29) is 18.6 Å². The molecule has 0 bridgehead atoms. The third kappa shape index (κ3) is 10.7. The van der Waals surface area contributed by atoms with Crippen molar-refractivity contribution in [2.75, 3.05) is 13.2 Å². The summed E-state index contributed by atoms with van der Waals surface area (Å²) in [5.41, 5.74) is 0. The summed E-state index contributed by atoms with van der Waals surface area (Å²) in [5.74, 6) is -15.1. The second-order valence-electron chi connectivity index (χ2n) is 6.30. The Bertz CT molecular complexity index is 547. The quantitative estimate of drug-likeness (QED) is 0.0796. The summed E-state index contributed by atoms with van der Waals surface area (Å²) in [5, 5.41) is 9.41. The van der Waals surface area contributed by atoms with Gasteiger partial charge in [-0.05, 0) is 6.42 Å².